The first kappa shape index (κ1) is 15.9. The monoisotopic (exact) mass is 242 g/mol. The number of nitrogens with one attached hydrogen (secondary N) is 2. The molecule has 0 spiro atoms. The lowest BCUT2D eigenvalue weighted by molar-refractivity contribution is -0.130. The fourth-order valence-electron chi connectivity index (χ4n) is 1.00. The molecule has 2 N–H and O–H groups in total. The molecule has 0 saturated carbocycles. The van der Waals surface area contributed by atoms with Crippen LogP contribution in [0.1, 0.15) is 48.5 Å². The highest BCUT2D eigenvalue weighted by Gasteiger charge is 2.24. The largest absolute Gasteiger partial charge is 0.354 e. The molecule has 0 heterocycles. The molecule has 2 amide bonds. The van der Waals surface area contributed by atoms with Gasteiger partial charge in [0.15, 0.2) is 0 Å². The SMILES string of the molecule is C[C@H](CNC(=O)C(C)(C)C)NC(=O)C(C)(C)C. The third-order valence-electron chi connectivity index (χ3n) is 2.31. The molecule has 0 saturated heterocycles. The van der Waals surface area contributed by atoms with Crippen molar-refractivity contribution in [1.29, 1.82) is 0 Å². The Morgan fingerprint density at radius 2 is 1.35 bits per heavy atom. The molecule has 100 valence electrons. The highest BCUT2D eigenvalue weighted by Crippen LogP contribution is 2.13. The van der Waals surface area contributed by atoms with E-state index in [-0.39, 0.29) is 17.9 Å². The van der Waals surface area contributed by atoms with Crippen molar-refractivity contribution < 1.29 is 9.59 Å². The van der Waals surface area contributed by atoms with E-state index in [4.69, 9.17) is 0 Å². The van der Waals surface area contributed by atoms with E-state index in [1.54, 1.807) is 0 Å². The van der Waals surface area contributed by atoms with Crippen LogP contribution in [0.2, 0.25) is 0 Å². The summed E-state index contributed by atoms with van der Waals surface area (Å²) in [7, 11) is 0. The molecule has 0 fully saturated rings. The van der Waals surface area contributed by atoms with Gasteiger partial charge in [0.05, 0.1) is 0 Å². The van der Waals surface area contributed by atoms with Crippen molar-refractivity contribution in [3.8, 4) is 0 Å². The minimum atomic E-state index is -0.400. The van der Waals surface area contributed by atoms with E-state index >= 15 is 0 Å². The van der Waals surface area contributed by atoms with Gasteiger partial charge in [-0.3, -0.25) is 9.59 Å². The van der Waals surface area contributed by atoms with Crippen LogP contribution in [0.15, 0.2) is 0 Å². The summed E-state index contributed by atoms with van der Waals surface area (Å²) in [6.07, 6.45) is 0. The van der Waals surface area contributed by atoms with Gasteiger partial charge in [0.1, 0.15) is 0 Å². The van der Waals surface area contributed by atoms with Crippen molar-refractivity contribution in [3.05, 3.63) is 0 Å². The molecule has 17 heavy (non-hydrogen) atoms. The Hall–Kier alpha value is -1.06. The molecule has 0 radical (unpaired) electrons. The minimum absolute atomic E-state index is 0.00462. The number of rotatable bonds is 3. The molecule has 1 atom stereocenters. The van der Waals surface area contributed by atoms with Crippen molar-refractivity contribution in [1.82, 2.24) is 10.6 Å². The second-order valence-corrected chi connectivity index (χ2v) is 6.58. The number of hydrogen-bond donors (Lipinski definition) is 2. The zero-order valence-corrected chi connectivity index (χ0v) is 12.1. The fraction of sp³-hybridized carbons (Fsp3) is 0.846. The van der Waals surface area contributed by atoms with Gasteiger partial charge in [0.25, 0.3) is 0 Å². The van der Waals surface area contributed by atoms with Gasteiger partial charge in [0.2, 0.25) is 11.8 Å². The Morgan fingerprint density at radius 1 is 0.941 bits per heavy atom. The number of amides is 2. The third kappa shape index (κ3) is 6.29. The molecule has 4 heteroatoms. The molecule has 0 aromatic rings. The van der Waals surface area contributed by atoms with Crippen molar-refractivity contribution in [3.63, 3.8) is 0 Å². The van der Waals surface area contributed by atoms with E-state index in [0.29, 0.717) is 6.54 Å². The zero-order chi connectivity index (χ0) is 13.9. The van der Waals surface area contributed by atoms with Gasteiger partial charge in [-0.25, -0.2) is 0 Å². The van der Waals surface area contributed by atoms with Crippen LogP contribution < -0.4 is 10.6 Å². The normalized spacial score (nSPS) is 14.1. The first-order chi connectivity index (χ1) is 7.44. The Bertz CT molecular complexity index is 285. The minimum Gasteiger partial charge on any atom is -0.354 e. The summed E-state index contributed by atoms with van der Waals surface area (Å²) in [5, 5.41) is 5.70. The fourth-order valence-corrected chi connectivity index (χ4v) is 1.00. The average molecular weight is 242 g/mol. The third-order valence-corrected chi connectivity index (χ3v) is 2.31. The van der Waals surface area contributed by atoms with Crippen LogP contribution in [0.4, 0.5) is 0 Å². The van der Waals surface area contributed by atoms with Gasteiger partial charge in [-0.2, -0.15) is 0 Å². The van der Waals surface area contributed by atoms with Crippen molar-refractivity contribution in [2.75, 3.05) is 6.54 Å². The summed E-state index contributed by atoms with van der Waals surface area (Å²) >= 11 is 0. The molecule has 0 bridgehead atoms. The molecular formula is C13H26N2O2. The Labute approximate surface area is 105 Å². The quantitative estimate of drug-likeness (QED) is 0.791. The lowest BCUT2D eigenvalue weighted by Gasteiger charge is -2.24. The van der Waals surface area contributed by atoms with E-state index in [2.05, 4.69) is 10.6 Å². The molecule has 0 rings (SSSR count). The maximum absolute atomic E-state index is 11.7. The van der Waals surface area contributed by atoms with Crippen LogP contribution >= 0.6 is 0 Å². The lowest BCUT2D eigenvalue weighted by Crippen LogP contribution is -2.47. The molecule has 0 aromatic heterocycles. The lowest BCUT2D eigenvalue weighted by atomic mass is 9.95. The average Bonchev–Trinajstić information content (AvgIpc) is 2.10. The van der Waals surface area contributed by atoms with E-state index in [0.717, 1.165) is 0 Å². The van der Waals surface area contributed by atoms with E-state index in [9.17, 15) is 9.59 Å². The molecule has 0 unspecified atom stereocenters. The van der Waals surface area contributed by atoms with Crippen molar-refractivity contribution in [2.24, 2.45) is 10.8 Å². The standard InChI is InChI=1S/C13H26N2O2/c1-9(15-11(17)13(5,6)7)8-14-10(16)12(2,3)4/h9H,8H2,1-7H3,(H,14,16)(H,15,17)/t9-/m1/s1. The second-order valence-electron chi connectivity index (χ2n) is 6.58. The summed E-state index contributed by atoms with van der Waals surface area (Å²) in [4.78, 5) is 23.3. The summed E-state index contributed by atoms with van der Waals surface area (Å²) in [6.45, 7) is 13.5. The topological polar surface area (TPSA) is 58.2 Å². The van der Waals surface area contributed by atoms with Crippen molar-refractivity contribution >= 4 is 11.8 Å². The number of carbonyl (C=O) groups excluding carboxylic acids is 2. The summed E-state index contributed by atoms with van der Waals surface area (Å²) in [5.74, 6) is -0.00985. The van der Waals surface area contributed by atoms with Gasteiger partial charge < -0.3 is 10.6 Å². The maximum atomic E-state index is 11.7. The molecule has 0 aliphatic heterocycles. The van der Waals surface area contributed by atoms with Crippen LogP contribution in [-0.4, -0.2) is 24.4 Å². The zero-order valence-electron chi connectivity index (χ0n) is 12.1. The molecule has 4 nitrogen and oxygen atoms in total. The van der Waals surface area contributed by atoms with E-state index in [1.807, 2.05) is 48.5 Å². The Morgan fingerprint density at radius 3 is 1.71 bits per heavy atom. The van der Waals surface area contributed by atoms with Crippen molar-refractivity contribution in [2.45, 2.75) is 54.5 Å². The van der Waals surface area contributed by atoms with Gasteiger partial charge in [-0.05, 0) is 6.92 Å². The van der Waals surface area contributed by atoms with Gasteiger partial charge in [-0.1, -0.05) is 41.5 Å². The summed E-state index contributed by atoms with van der Waals surface area (Å²) in [5.41, 5.74) is -0.796. The number of hydrogen-bond acceptors (Lipinski definition) is 2. The van der Waals surface area contributed by atoms with Crippen LogP contribution in [0, 0.1) is 10.8 Å². The van der Waals surface area contributed by atoms with Crippen LogP contribution in [0.3, 0.4) is 0 Å². The smallest absolute Gasteiger partial charge is 0.225 e. The predicted molar refractivity (Wildman–Crippen MR) is 69.5 cm³/mol. The summed E-state index contributed by atoms with van der Waals surface area (Å²) in [6, 6.07) is -0.0620. The first-order valence-corrected chi connectivity index (χ1v) is 6.04. The number of carbonyl (C=O) groups is 2. The van der Waals surface area contributed by atoms with Gasteiger partial charge in [0, 0.05) is 23.4 Å². The summed E-state index contributed by atoms with van der Waals surface area (Å²) < 4.78 is 0. The first-order valence-electron chi connectivity index (χ1n) is 6.04. The van der Waals surface area contributed by atoms with Gasteiger partial charge >= 0.3 is 0 Å². The van der Waals surface area contributed by atoms with Crippen LogP contribution in [0.25, 0.3) is 0 Å². The van der Waals surface area contributed by atoms with Crippen LogP contribution in [0.5, 0.6) is 0 Å². The second kappa shape index (κ2) is 5.52. The van der Waals surface area contributed by atoms with Crippen LogP contribution in [-0.2, 0) is 9.59 Å². The van der Waals surface area contributed by atoms with E-state index < -0.39 is 10.8 Å². The molecular weight excluding hydrogens is 216 g/mol. The molecule has 0 aliphatic rings. The Kier molecular flexibility index (Phi) is 5.17. The Balaban J connectivity index is 4.10. The predicted octanol–water partition coefficient (Wildman–Crippen LogP) is 1.70. The van der Waals surface area contributed by atoms with E-state index in [1.165, 1.54) is 0 Å². The highest BCUT2D eigenvalue weighted by atomic mass is 16.2. The molecule has 0 aliphatic carbocycles. The van der Waals surface area contributed by atoms with Gasteiger partial charge in [-0.15, -0.1) is 0 Å². The molecule has 0 aromatic carbocycles. The maximum Gasteiger partial charge on any atom is 0.225 e. The highest BCUT2D eigenvalue weighted by molar-refractivity contribution is 5.82.